The molecule has 1 aliphatic carbocycles. The van der Waals surface area contributed by atoms with Crippen LogP contribution in [0.2, 0.25) is 0 Å². The zero-order valence-corrected chi connectivity index (χ0v) is 13.0. The van der Waals surface area contributed by atoms with Crippen LogP contribution in [0, 0.1) is 5.92 Å². The molecule has 4 nitrogen and oxygen atoms in total. The molecule has 120 valence electrons. The van der Waals surface area contributed by atoms with Crippen LogP contribution in [0.25, 0.3) is 0 Å². The Morgan fingerprint density at radius 1 is 1.48 bits per heavy atom. The number of hydrogen-bond acceptors (Lipinski definition) is 3. The lowest BCUT2D eigenvalue weighted by atomic mass is 9.81. The zero-order valence-electron chi connectivity index (χ0n) is 13.0. The molecule has 0 saturated heterocycles. The largest absolute Gasteiger partial charge is 0.493 e. The molecule has 0 bridgehead atoms. The smallest absolute Gasteiger partial charge is 0.248 e. The number of aryl methyl sites for hydroxylation is 1. The predicted molar refractivity (Wildman–Crippen MR) is 77.8 cm³/mol. The number of rotatable bonds is 6. The Hall–Kier alpha value is -1.17. The van der Waals surface area contributed by atoms with Gasteiger partial charge >= 0.3 is 0 Å². The van der Waals surface area contributed by atoms with E-state index in [1.165, 1.54) is 0 Å². The summed E-state index contributed by atoms with van der Waals surface area (Å²) in [6.45, 7) is 2.90. The van der Waals surface area contributed by atoms with E-state index in [1.807, 2.05) is 11.7 Å². The molecule has 0 amide bonds. The van der Waals surface area contributed by atoms with Gasteiger partial charge in [0.15, 0.2) is 5.75 Å². The standard InChI is InChI=1S/C15H25F2N3O/c1-4-9-20-14(12(21-3)10-19-20)13(18-2)11-5-7-15(16,17)8-6-11/h10-11,13,18H,4-9H2,1-3H3. The Morgan fingerprint density at radius 3 is 2.67 bits per heavy atom. The van der Waals surface area contributed by atoms with E-state index in [0.717, 1.165) is 24.4 Å². The van der Waals surface area contributed by atoms with Gasteiger partial charge in [-0.3, -0.25) is 4.68 Å². The molecule has 6 heteroatoms. The molecule has 1 saturated carbocycles. The van der Waals surface area contributed by atoms with Crippen molar-refractivity contribution in [3.05, 3.63) is 11.9 Å². The highest BCUT2D eigenvalue weighted by Gasteiger charge is 2.39. The van der Waals surface area contributed by atoms with Crippen LogP contribution in [0.15, 0.2) is 6.20 Å². The van der Waals surface area contributed by atoms with Gasteiger partial charge in [0.25, 0.3) is 0 Å². The lowest BCUT2D eigenvalue weighted by Gasteiger charge is -2.34. The van der Waals surface area contributed by atoms with Crippen LogP contribution >= 0.6 is 0 Å². The number of alkyl halides is 2. The third-order valence-corrected chi connectivity index (χ3v) is 4.34. The third-order valence-electron chi connectivity index (χ3n) is 4.34. The fraction of sp³-hybridized carbons (Fsp3) is 0.800. The lowest BCUT2D eigenvalue weighted by molar-refractivity contribution is -0.0498. The van der Waals surface area contributed by atoms with Gasteiger partial charge in [-0.2, -0.15) is 5.10 Å². The third kappa shape index (κ3) is 3.54. The molecule has 2 rings (SSSR count). The van der Waals surface area contributed by atoms with Crippen LogP contribution in [0.1, 0.15) is 50.8 Å². The van der Waals surface area contributed by atoms with Crippen molar-refractivity contribution in [2.45, 2.75) is 57.5 Å². The van der Waals surface area contributed by atoms with E-state index in [1.54, 1.807) is 13.3 Å². The molecule has 0 aliphatic heterocycles. The minimum atomic E-state index is -2.50. The van der Waals surface area contributed by atoms with Crippen LogP contribution in [0.3, 0.4) is 0 Å². The van der Waals surface area contributed by atoms with E-state index in [4.69, 9.17) is 4.74 Å². The van der Waals surface area contributed by atoms with Gasteiger partial charge in [0.2, 0.25) is 5.92 Å². The molecule has 1 aromatic rings. The van der Waals surface area contributed by atoms with Crippen molar-refractivity contribution >= 4 is 0 Å². The van der Waals surface area contributed by atoms with E-state index in [9.17, 15) is 8.78 Å². The number of ether oxygens (including phenoxy) is 1. The average molecular weight is 301 g/mol. The topological polar surface area (TPSA) is 39.1 Å². The van der Waals surface area contributed by atoms with Crippen LogP contribution in [-0.2, 0) is 6.54 Å². The van der Waals surface area contributed by atoms with E-state index in [2.05, 4.69) is 17.3 Å². The average Bonchev–Trinajstić information content (AvgIpc) is 2.85. The van der Waals surface area contributed by atoms with E-state index in [0.29, 0.717) is 12.8 Å². The minimum Gasteiger partial charge on any atom is -0.493 e. The van der Waals surface area contributed by atoms with Gasteiger partial charge in [-0.1, -0.05) is 6.92 Å². The van der Waals surface area contributed by atoms with Crippen molar-refractivity contribution in [1.82, 2.24) is 15.1 Å². The van der Waals surface area contributed by atoms with Gasteiger partial charge in [0, 0.05) is 19.4 Å². The summed E-state index contributed by atoms with van der Waals surface area (Å²) in [7, 11) is 3.50. The number of methoxy groups -OCH3 is 1. The molecule has 1 heterocycles. The number of hydrogen-bond donors (Lipinski definition) is 1. The quantitative estimate of drug-likeness (QED) is 0.875. The normalized spacial score (nSPS) is 20.4. The van der Waals surface area contributed by atoms with E-state index >= 15 is 0 Å². The van der Waals surface area contributed by atoms with Gasteiger partial charge in [-0.15, -0.1) is 0 Å². The molecule has 1 atom stereocenters. The maximum Gasteiger partial charge on any atom is 0.248 e. The highest BCUT2D eigenvalue weighted by molar-refractivity contribution is 5.29. The van der Waals surface area contributed by atoms with Gasteiger partial charge in [0.05, 0.1) is 25.0 Å². The highest BCUT2D eigenvalue weighted by Crippen LogP contribution is 2.42. The van der Waals surface area contributed by atoms with Crippen molar-refractivity contribution in [3.8, 4) is 5.75 Å². The van der Waals surface area contributed by atoms with Crippen molar-refractivity contribution in [3.63, 3.8) is 0 Å². The SMILES string of the molecule is CCCn1ncc(OC)c1C(NC)C1CCC(F)(F)CC1. The summed E-state index contributed by atoms with van der Waals surface area (Å²) in [6.07, 6.45) is 3.68. The second-order valence-electron chi connectivity index (χ2n) is 5.78. The monoisotopic (exact) mass is 301 g/mol. The fourth-order valence-electron chi connectivity index (χ4n) is 3.23. The first-order chi connectivity index (χ1) is 10.0. The second kappa shape index (κ2) is 6.73. The van der Waals surface area contributed by atoms with Gasteiger partial charge in [-0.05, 0) is 32.2 Å². The number of halogens is 2. The second-order valence-corrected chi connectivity index (χ2v) is 5.78. The first-order valence-corrected chi connectivity index (χ1v) is 7.67. The van der Waals surface area contributed by atoms with Crippen molar-refractivity contribution < 1.29 is 13.5 Å². The summed E-state index contributed by atoms with van der Waals surface area (Å²) in [6, 6.07) is 0.00472. The molecule has 0 radical (unpaired) electrons. The molecular weight excluding hydrogens is 276 g/mol. The lowest BCUT2D eigenvalue weighted by Crippen LogP contribution is -2.34. The summed E-state index contributed by atoms with van der Waals surface area (Å²) in [5.41, 5.74) is 0.983. The molecule has 0 aromatic carbocycles. The molecule has 21 heavy (non-hydrogen) atoms. The first kappa shape index (κ1) is 16.2. The Balaban J connectivity index is 2.23. The Labute approximate surface area is 124 Å². The molecule has 1 unspecified atom stereocenters. The van der Waals surface area contributed by atoms with Crippen molar-refractivity contribution in [2.24, 2.45) is 5.92 Å². The number of nitrogens with one attached hydrogen (secondary N) is 1. The molecule has 1 aromatic heterocycles. The summed E-state index contributed by atoms with van der Waals surface area (Å²) < 4.78 is 34.1. The molecular formula is C15H25F2N3O. The van der Waals surface area contributed by atoms with E-state index in [-0.39, 0.29) is 24.8 Å². The first-order valence-electron chi connectivity index (χ1n) is 7.67. The van der Waals surface area contributed by atoms with Crippen LogP contribution in [0.5, 0.6) is 5.75 Å². The van der Waals surface area contributed by atoms with Crippen LogP contribution in [0.4, 0.5) is 8.78 Å². The summed E-state index contributed by atoms with van der Waals surface area (Å²) >= 11 is 0. The summed E-state index contributed by atoms with van der Waals surface area (Å²) in [5, 5.41) is 7.66. The minimum absolute atomic E-state index is 0.00472. The van der Waals surface area contributed by atoms with E-state index < -0.39 is 5.92 Å². The Kier molecular flexibility index (Phi) is 5.19. The molecule has 1 N–H and O–H groups in total. The van der Waals surface area contributed by atoms with Crippen LogP contribution < -0.4 is 10.1 Å². The highest BCUT2D eigenvalue weighted by atomic mass is 19.3. The maximum atomic E-state index is 13.4. The zero-order chi connectivity index (χ0) is 15.5. The summed E-state index contributed by atoms with van der Waals surface area (Å²) in [5.74, 6) is -1.57. The van der Waals surface area contributed by atoms with Crippen molar-refractivity contribution in [2.75, 3.05) is 14.2 Å². The van der Waals surface area contributed by atoms with Crippen molar-refractivity contribution in [1.29, 1.82) is 0 Å². The molecule has 0 spiro atoms. The maximum absolute atomic E-state index is 13.4. The fourth-order valence-corrected chi connectivity index (χ4v) is 3.23. The summed E-state index contributed by atoms with van der Waals surface area (Å²) in [4.78, 5) is 0. The predicted octanol–water partition coefficient (Wildman–Crippen LogP) is 3.39. The van der Waals surface area contributed by atoms with Gasteiger partial charge < -0.3 is 10.1 Å². The molecule has 1 fully saturated rings. The molecule has 1 aliphatic rings. The van der Waals surface area contributed by atoms with Crippen LogP contribution in [-0.4, -0.2) is 29.9 Å². The Morgan fingerprint density at radius 2 is 2.14 bits per heavy atom. The van der Waals surface area contributed by atoms with Gasteiger partial charge in [-0.25, -0.2) is 8.78 Å². The number of aromatic nitrogens is 2. The number of nitrogens with zero attached hydrogens (tertiary/aromatic N) is 2. The Bertz CT molecular complexity index is 452. The van der Waals surface area contributed by atoms with Gasteiger partial charge in [0.1, 0.15) is 0 Å².